The predicted octanol–water partition coefficient (Wildman–Crippen LogP) is 3.32. The van der Waals surface area contributed by atoms with E-state index in [0.29, 0.717) is 13.2 Å². The summed E-state index contributed by atoms with van der Waals surface area (Å²) in [5, 5.41) is 0. The highest BCUT2D eigenvalue weighted by Crippen LogP contribution is 2.38. The normalized spacial score (nSPS) is 20.0. The molecule has 1 saturated heterocycles. The lowest BCUT2D eigenvalue weighted by Gasteiger charge is -2.37. The van der Waals surface area contributed by atoms with Crippen LogP contribution in [0.3, 0.4) is 0 Å². The van der Waals surface area contributed by atoms with Gasteiger partial charge in [0.2, 0.25) is 0 Å². The van der Waals surface area contributed by atoms with E-state index >= 15 is 0 Å². The molecule has 1 aliphatic heterocycles. The second-order valence-corrected chi connectivity index (χ2v) is 6.00. The van der Waals surface area contributed by atoms with E-state index in [0.717, 1.165) is 32.1 Å². The summed E-state index contributed by atoms with van der Waals surface area (Å²) in [5.74, 6) is -0.0262. The van der Waals surface area contributed by atoms with E-state index in [1.54, 1.807) is 0 Å². The molecule has 1 rings (SSSR count). The van der Waals surface area contributed by atoms with Gasteiger partial charge >= 0.3 is 5.97 Å². The van der Waals surface area contributed by atoms with E-state index in [4.69, 9.17) is 9.47 Å². The fourth-order valence-electron chi connectivity index (χ4n) is 2.22. The summed E-state index contributed by atoms with van der Waals surface area (Å²) < 4.78 is 11.0. The minimum Gasteiger partial charge on any atom is -0.460 e. The van der Waals surface area contributed by atoms with E-state index in [-0.39, 0.29) is 11.4 Å². The van der Waals surface area contributed by atoms with Crippen molar-refractivity contribution < 1.29 is 14.3 Å². The molecule has 17 heavy (non-hydrogen) atoms. The van der Waals surface area contributed by atoms with Crippen molar-refractivity contribution in [3.8, 4) is 0 Å². The molecule has 0 N–H and O–H groups in total. The molecule has 0 aliphatic carbocycles. The Kier molecular flexibility index (Phi) is 4.99. The molecule has 0 saturated carbocycles. The molecule has 0 bridgehead atoms. The van der Waals surface area contributed by atoms with Crippen molar-refractivity contribution in [3.05, 3.63) is 0 Å². The smallest absolute Gasteiger partial charge is 0.312 e. The Balaban J connectivity index is 2.70. The van der Waals surface area contributed by atoms with Crippen LogP contribution in [0.1, 0.15) is 59.8 Å². The van der Waals surface area contributed by atoms with Gasteiger partial charge in [0.05, 0.1) is 5.41 Å². The molecule has 1 aliphatic rings. The minimum atomic E-state index is -0.394. The van der Waals surface area contributed by atoms with Gasteiger partial charge in [0.1, 0.15) is 5.60 Å². The first-order valence-corrected chi connectivity index (χ1v) is 6.71. The lowest BCUT2D eigenvalue weighted by atomic mass is 9.76. The van der Waals surface area contributed by atoms with Crippen molar-refractivity contribution in [2.24, 2.45) is 5.41 Å². The van der Waals surface area contributed by atoms with E-state index < -0.39 is 5.60 Å². The van der Waals surface area contributed by atoms with Gasteiger partial charge < -0.3 is 9.47 Å². The van der Waals surface area contributed by atoms with Crippen LogP contribution in [0.2, 0.25) is 0 Å². The van der Waals surface area contributed by atoms with Crippen molar-refractivity contribution in [3.63, 3.8) is 0 Å². The van der Waals surface area contributed by atoms with E-state index in [9.17, 15) is 4.79 Å². The Morgan fingerprint density at radius 1 is 1.29 bits per heavy atom. The number of carbonyl (C=O) groups is 1. The minimum absolute atomic E-state index is 0.0262. The first-order valence-electron chi connectivity index (χ1n) is 6.71. The van der Waals surface area contributed by atoms with Crippen LogP contribution in [0.5, 0.6) is 0 Å². The van der Waals surface area contributed by atoms with Crippen LogP contribution >= 0.6 is 0 Å². The Bertz CT molecular complexity index is 247. The molecular weight excluding hydrogens is 216 g/mol. The molecule has 0 amide bonds. The molecule has 0 aromatic heterocycles. The summed E-state index contributed by atoms with van der Waals surface area (Å²) in [5.41, 5.74) is -0.684. The summed E-state index contributed by atoms with van der Waals surface area (Å²) in [7, 11) is 0. The molecular formula is C14H26O3. The fraction of sp³-hybridized carbons (Fsp3) is 0.929. The van der Waals surface area contributed by atoms with Gasteiger partial charge in [-0.3, -0.25) is 4.79 Å². The highest BCUT2D eigenvalue weighted by atomic mass is 16.6. The van der Waals surface area contributed by atoms with Gasteiger partial charge in [0, 0.05) is 13.2 Å². The molecule has 0 unspecified atom stereocenters. The highest BCUT2D eigenvalue weighted by molar-refractivity contribution is 5.77. The van der Waals surface area contributed by atoms with Gasteiger partial charge in [-0.2, -0.15) is 0 Å². The number of unbranched alkanes of at least 4 members (excludes halogenated alkanes) is 1. The number of hydrogen-bond acceptors (Lipinski definition) is 3. The Hall–Kier alpha value is -0.570. The van der Waals surface area contributed by atoms with Crippen molar-refractivity contribution in [1.82, 2.24) is 0 Å². The first kappa shape index (κ1) is 14.5. The summed E-state index contributed by atoms with van der Waals surface area (Å²) in [4.78, 5) is 12.4. The number of ether oxygens (including phenoxy) is 2. The Morgan fingerprint density at radius 2 is 1.88 bits per heavy atom. The van der Waals surface area contributed by atoms with Gasteiger partial charge in [0.15, 0.2) is 0 Å². The van der Waals surface area contributed by atoms with Crippen molar-refractivity contribution in [2.45, 2.75) is 65.4 Å². The summed E-state index contributed by atoms with van der Waals surface area (Å²) in [6.07, 6.45) is 4.75. The third-order valence-corrected chi connectivity index (χ3v) is 3.29. The maximum atomic E-state index is 12.4. The molecule has 0 aromatic rings. The number of carbonyl (C=O) groups excluding carboxylic acids is 1. The topological polar surface area (TPSA) is 35.5 Å². The molecule has 1 fully saturated rings. The van der Waals surface area contributed by atoms with Crippen LogP contribution in [0.15, 0.2) is 0 Å². The second-order valence-electron chi connectivity index (χ2n) is 6.00. The summed E-state index contributed by atoms with van der Waals surface area (Å²) >= 11 is 0. The second kappa shape index (κ2) is 5.85. The maximum absolute atomic E-state index is 12.4. The van der Waals surface area contributed by atoms with Crippen molar-refractivity contribution in [2.75, 3.05) is 13.2 Å². The first-order chi connectivity index (χ1) is 7.90. The summed E-state index contributed by atoms with van der Waals surface area (Å²) in [6.45, 7) is 9.31. The zero-order chi connectivity index (χ0) is 12.9. The van der Waals surface area contributed by atoms with E-state index in [2.05, 4.69) is 6.92 Å². The maximum Gasteiger partial charge on any atom is 0.312 e. The van der Waals surface area contributed by atoms with Crippen LogP contribution in [-0.2, 0) is 14.3 Å². The molecule has 1 heterocycles. The molecule has 0 spiro atoms. The van der Waals surface area contributed by atoms with Gasteiger partial charge in [0.25, 0.3) is 0 Å². The third-order valence-electron chi connectivity index (χ3n) is 3.29. The monoisotopic (exact) mass is 242 g/mol. The standard InChI is InChI=1S/C14H26O3/c1-5-6-7-14(8-10-16-11-9-14)12(15)17-13(2,3)4/h5-11H2,1-4H3. The quantitative estimate of drug-likeness (QED) is 0.709. The number of hydrogen-bond donors (Lipinski definition) is 0. The van der Waals surface area contributed by atoms with E-state index in [1.807, 2.05) is 20.8 Å². The average Bonchev–Trinajstić information content (AvgIpc) is 2.25. The number of rotatable bonds is 4. The molecule has 100 valence electrons. The van der Waals surface area contributed by atoms with Crippen LogP contribution in [0, 0.1) is 5.41 Å². The molecule has 3 heteroatoms. The van der Waals surface area contributed by atoms with Crippen LogP contribution < -0.4 is 0 Å². The molecule has 3 nitrogen and oxygen atoms in total. The van der Waals surface area contributed by atoms with Gasteiger partial charge in [-0.15, -0.1) is 0 Å². The average molecular weight is 242 g/mol. The molecule has 0 aromatic carbocycles. The van der Waals surface area contributed by atoms with Crippen LogP contribution in [0.4, 0.5) is 0 Å². The zero-order valence-electron chi connectivity index (χ0n) is 11.7. The van der Waals surface area contributed by atoms with Gasteiger partial charge in [-0.25, -0.2) is 0 Å². The Labute approximate surface area is 105 Å². The Morgan fingerprint density at radius 3 is 2.35 bits per heavy atom. The van der Waals surface area contributed by atoms with Gasteiger partial charge in [-0.1, -0.05) is 19.8 Å². The highest BCUT2D eigenvalue weighted by Gasteiger charge is 2.42. The lowest BCUT2D eigenvalue weighted by Crippen LogP contribution is -2.41. The van der Waals surface area contributed by atoms with Crippen LogP contribution in [-0.4, -0.2) is 24.8 Å². The molecule has 0 atom stereocenters. The summed E-state index contributed by atoms with van der Waals surface area (Å²) in [6, 6.07) is 0. The van der Waals surface area contributed by atoms with E-state index in [1.165, 1.54) is 0 Å². The van der Waals surface area contributed by atoms with Gasteiger partial charge in [-0.05, 0) is 40.0 Å². The predicted molar refractivity (Wildman–Crippen MR) is 67.9 cm³/mol. The van der Waals surface area contributed by atoms with Crippen molar-refractivity contribution in [1.29, 1.82) is 0 Å². The largest absolute Gasteiger partial charge is 0.460 e. The molecule has 0 radical (unpaired) electrons. The lowest BCUT2D eigenvalue weighted by molar-refractivity contribution is -0.174. The number of esters is 1. The third kappa shape index (κ3) is 4.30. The van der Waals surface area contributed by atoms with Crippen molar-refractivity contribution >= 4 is 5.97 Å². The van der Waals surface area contributed by atoms with Crippen LogP contribution in [0.25, 0.3) is 0 Å². The zero-order valence-corrected chi connectivity index (χ0v) is 11.7. The SMILES string of the molecule is CCCCC1(C(=O)OC(C)(C)C)CCOCC1. The fourth-order valence-corrected chi connectivity index (χ4v) is 2.22.